The zero-order valence-electron chi connectivity index (χ0n) is 15.4. The van der Waals surface area contributed by atoms with Crippen molar-refractivity contribution in [3.8, 4) is 0 Å². The molecule has 0 heterocycles. The molecule has 0 spiro atoms. The van der Waals surface area contributed by atoms with Crippen molar-refractivity contribution in [2.75, 3.05) is 62.0 Å². The van der Waals surface area contributed by atoms with E-state index in [9.17, 15) is 0 Å². The minimum absolute atomic E-state index is 0.278. The Labute approximate surface area is 132 Å². The highest BCUT2D eigenvalue weighted by atomic mass is 16.5. The lowest BCUT2D eigenvalue weighted by atomic mass is 10.2. The van der Waals surface area contributed by atoms with Crippen LogP contribution in [0.4, 0.5) is 0 Å². The average molecular weight is 310 g/mol. The van der Waals surface area contributed by atoms with E-state index in [2.05, 4.69) is 20.8 Å². The van der Waals surface area contributed by atoms with Gasteiger partial charge >= 0.3 is 0 Å². The predicted molar refractivity (Wildman–Crippen MR) is 88.0 cm³/mol. The van der Waals surface area contributed by atoms with Crippen molar-refractivity contribution in [3.63, 3.8) is 0 Å². The molecular formula is C16H38O5. The summed E-state index contributed by atoms with van der Waals surface area (Å²) < 4.78 is 24.3. The van der Waals surface area contributed by atoms with E-state index in [1.807, 2.05) is 0 Å². The van der Waals surface area contributed by atoms with Crippen molar-refractivity contribution < 1.29 is 23.7 Å². The third-order valence-electron chi connectivity index (χ3n) is 2.45. The molecular weight excluding hydrogens is 272 g/mol. The van der Waals surface area contributed by atoms with Gasteiger partial charge in [0.05, 0.1) is 25.9 Å². The summed E-state index contributed by atoms with van der Waals surface area (Å²) in [6.45, 7) is 9.42. The SMILES string of the molecule is CCC(COC)OC.CCCOC.COCC(C)COC. The summed E-state index contributed by atoms with van der Waals surface area (Å²) in [5, 5.41) is 0. The van der Waals surface area contributed by atoms with E-state index in [1.165, 1.54) is 0 Å². The molecule has 0 saturated heterocycles. The second-order valence-electron chi connectivity index (χ2n) is 4.73. The molecule has 0 bridgehead atoms. The van der Waals surface area contributed by atoms with E-state index in [-0.39, 0.29) is 6.10 Å². The number of methoxy groups -OCH3 is 5. The fourth-order valence-electron chi connectivity index (χ4n) is 1.36. The van der Waals surface area contributed by atoms with Crippen LogP contribution in [0.1, 0.15) is 33.6 Å². The number of rotatable bonds is 10. The Bertz CT molecular complexity index is 144. The first kappa shape index (κ1) is 25.7. The van der Waals surface area contributed by atoms with Crippen LogP contribution in [0.15, 0.2) is 0 Å². The van der Waals surface area contributed by atoms with Crippen molar-refractivity contribution in [1.82, 2.24) is 0 Å². The van der Waals surface area contributed by atoms with Crippen molar-refractivity contribution in [2.24, 2.45) is 5.92 Å². The molecule has 1 unspecified atom stereocenters. The Morgan fingerprint density at radius 1 is 0.714 bits per heavy atom. The van der Waals surface area contributed by atoms with Crippen molar-refractivity contribution in [1.29, 1.82) is 0 Å². The number of hydrogen-bond donors (Lipinski definition) is 0. The van der Waals surface area contributed by atoms with E-state index in [4.69, 9.17) is 23.7 Å². The van der Waals surface area contributed by atoms with Gasteiger partial charge in [-0.15, -0.1) is 0 Å². The average Bonchev–Trinajstić information content (AvgIpc) is 2.47. The van der Waals surface area contributed by atoms with Gasteiger partial charge < -0.3 is 23.7 Å². The monoisotopic (exact) mass is 310 g/mol. The zero-order chi connectivity index (χ0) is 16.9. The van der Waals surface area contributed by atoms with Crippen LogP contribution in [-0.2, 0) is 23.7 Å². The highest BCUT2D eigenvalue weighted by Gasteiger charge is 2.00. The van der Waals surface area contributed by atoms with Crippen molar-refractivity contribution >= 4 is 0 Å². The minimum atomic E-state index is 0.278. The van der Waals surface area contributed by atoms with Crippen LogP contribution in [0.5, 0.6) is 0 Å². The van der Waals surface area contributed by atoms with E-state index in [0.29, 0.717) is 12.5 Å². The summed E-state index contributed by atoms with van der Waals surface area (Å²) in [6.07, 6.45) is 2.42. The van der Waals surface area contributed by atoms with E-state index in [1.54, 1.807) is 35.5 Å². The Balaban J connectivity index is -0.000000239. The van der Waals surface area contributed by atoms with Crippen LogP contribution in [0, 0.1) is 5.92 Å². The number of hydrogen-bond acceptors (Lipinski definition) is 5. The molecule has 0 N–H and O–H groups in total. The largest absolute Gasteiger partial charge is 0.385 e. The van der Waals surface area contributed by atoms with Gasteiger partial charge in [0.1, 0.15) is 0 Å². The molecule has 0 aromatic heterocycles. The lowest BCUT2D eigenvalue weighted by molar-refractivity contribution is 0.0265. The summed E-state index contributed by atoms with van der Waals surface area (Å²) in [4.78, 5) is 0. The second kappa shape index (κ2) is 24.8. The molecule has 21 heavy (non-hydrogen) atoms. The van der Waals surface area contributed by atoms with Gasteiger partial charge in [0.25, 0.3) is 0 Å². The van der Waals surface area contributed by atoms with Crippen LogP contribution >= 0.6 is 0 Å². The lowest BCUT2D eigenvalue weighted by Crippen LogP contribution is -2.15. The normalized spacial score (nSPS) is 11.3. The molecule has 5 nitrogen and oxygen atoms in total. The maximum Gasteiger partial charge on any atom is 0.0801 e. The Hall–Kier alpha value is -0.200. The van der Waals surface area contributed by atoms with Crippen LogP contribution in [-0.4, -0.2) is 68.1 Å². The second-order valence-corrected chi connectivity index (χ2v) is 4.73. The Morgan fingerprint density at radius 2 is 1.19 bits per heavy atom. The Kier molecular flexibility index (Phi) is 30.4. The van der Waals surface area contributed by atoms with Gasteiger partial charge in [-0.3, -0.25) is 0 Å². The van der Waals surface area contributed by atoms with Gasteiger partial charge in [-0.2, -0.15) is 0 Å². The molecule has 0 aromatic carbocycles. The molecule has 0 radical (unpaired) electrons. The van der Waals surface area contributed by atoms with Crippen molar-refractivity contribution in [3.05, 3.63) is 0 Å². The fraction of sp³-hybridized carbons (Fsp3) is 1.00. The lowest BCUT2D eigenvalue weighted by Gasteiger charge is -2.09. The van der Waals surface area contributed by atoms with Crippen LogP contribution in [0.2, 0.25) is 0 Å². The molecule has 0 aliphatic carbocycles. The summed E-state index contributed by atoms with van der Waals surface area (Å²) >= 11 is 0. The van der Waals surface area contributed by atoms with Gasteiger partial charge in [0.2, 0.25) is 0 Å². The molecule has 0 aromatic rings. The Morgan fingerprint density at radius 3 is 1.33 bits per heavy atom. The van der Waals surface area contributed by atoms with Crippen LogP contribution < -0.4 is 0 Å². The van der Waals surface area contributed by atoms with Gasteiger partial charge in [-0.1, -0.05) is 20.8 Å². The fourth-order valence-corrected chi connectivity index (χ4v) is 1.36. The number of ether oxygens (including phenoxy) is 5. The summed E-state index contributed by atoms with van der Waals surface area (Å²) in [6, 6.07) is 0. The topological polar surface area (TPSA) is 46.2 Å². The molecule has 1 atom stereocenters. The molecule has 0 amide bonds. The first-order valence-corrected chi connectivity index (χ1v) is 7.56. The smallest absolute Gasteiger partial charge is 0.0801 e. The quantitative estimate of drug-likeness (QED) is 0.621. The molecule has 132 valence electrons. The first-order chi connectivity index (χ1) is 10.1. The standard InChI is InChI=1S/2C6H14O2.C4H10O/c1-6(4-7-2)5-8-3;1-4-6(8-3)5-7-2;1-3-4-5-2/h2*6H,4-5H2,1-3H3;3-4H2,1-2H3. The van der Waals surface area contributed by atoms with Gasteiger partial charge in [-0.25, -0.2) is 0 Å². The van der Waals surface area contributed by atoms with Crippen molar-refractivity contribution in [2.45, 2.75) is 39.7 Å². The highest BCUT2D eigenvalue weighted by Crippen LogP contribution is 1.94. The van der Waals surface area contributed by atoms with E-state index in [0.717, 1.165) is 32.7 Å². The molecule has 0 aliphatic heterocycles. The third-order valence-corrected chi connectivity index (χ3v) is 2.45. The van der Waals surface area contributed by atoms with Gasteiger partial charge in [0.15, 0.2) is 0 Å². The van der Waals surface area contributed by atoms with Crippen LogP contribution in [0.25, 0.3) is 0 Å². The van der Waals surface area contributed by atoms with Crippen LogP contribution in [0.3, 0.4) is 0 Å². The summed E-state index contributed by atoms with van der Waals surface area (Å²) in [5.74, 6) is 0.519. The zero-order valence-corrected chi connectivity index (χ0v) is 15.4. The molecule has 0 aliphatic rings. The summed E-state index contributed by atoms with van der Waals surface area (Å²) in [7, 11) is 8.50. The molecule has 5 heteroatoms. The van der Waals surface area contributed by atoms with E-state index < -0.39 is 0 Å². The maximum atomic E-state index is 5.01. The molecule has 0 rings (SSSR count). The van der Waals surface area contributed by atoms with Gasteiger partial charge in [-0.05, 0) is 12.8 Å². The summed E-state index contributed by atoms with van der Waals surface area (Å²) in [5.41, 5.74) is 0. The first-order valence-electron chi connectivity index (χ1n) is 7.56. The predicted octanol–water partition coefficient (Wildman–Crippen LogP) is 3.02. The van der Waals surface area contributed by atoms with Gasteiger partial charge in [0, 0.05) is 48.1 Å². The highest BCUT2D eigenvalue weighted by molar-refractivity contribution is 4.49. The maximum absolute atomic E-state index is 5.01. The van der Waals surface area contributed by atoms with E-state index >= 15 is 0 Å². The molecule has 0 fully saturated rings. The minimum Gasteiger partial charge on any atom is -0.385 e. The molecule has 0 saturated carbocycles. The third kappa shape index (κ3) is 28.6.